The van der Waals surface area contributed by atoms with E-state index in [4.69, 9.17) is 23.2 Å². The van der Waals surface area contributed by atoms with Gasteiger partial charge in [0.1, 0.15) is 5.71 Å². The molecule has 0 saturated heterocycles. The zero-order valence-corrected chi connectivity index (χ0v) is 16.3. The molecule has 28 heavy (non-hydrogen) atoms. The van der Waals surface area contributed by atoms with E-state index >= 15 is 0 Å². The summed E-state index contributed by atoms with van der Waals surface area (Å²) >= 11 is 13.1. The number of benzene rings is 2. The molecule has 0 amide bonds. The fourth-order valence-electron chi connectivity index (χ4n) is 2.40. The molecule has 0 atom stereocenters. The zero-order chi connectivity index (χ0) is 20.3. The highest BCUT2D eigenvalue weighted by Crippen LogP contribution is 2.31. The van der Waals surface area contributed by atoms with Gasteiger partial charge in [-0.25, -0.2) is 14.8 Å². The lowest BCUT2D eigenvalue weighted by atomic mass is 10.1. The Morgan fingerprint density at radius 3 is 2.64 bits per heavy atom. The van der Waals surface area contributed by atoms with Gasteiger partial charge in [0.05, 0.1) is 20.7 Å². The number of carbonyl (C=O) groups is 1. The number of carboxylic acid groups (broad SMARTS) is 1. The Morgan fingerprint density at radius 2 is 1.96 bits per heavy atom. The predicted molar refractivity (Wildman–Crippen MR) is 109 cm³/mol. The minimum absolute atomic E-state index is 0.160. The van der Waals surface area contributed by atoms with E-state index in [0.29, 0.717) is 21.3 Å². The molecule has 3 rings (SSSR count). The van der Waals surface area contributed by atoms with Crippen LogP contribution in [-0.2, 0) is 11.2 Å². The molecular weight excluding hydrogens is 425 g/mol. The van der Waals surface area contributed by atoms with Crippen LogP contribution in [0.25, 0.3) is 11.3 Å². The van der Waals surface area contributed by atoms with E-state index in [0.717, 1.165) is 11.3 Å². The number of aliphatic carboxylic acids is 1. The smallest absolute Gasteiger partial charge is 0.350 e. The van der Waals surface area contributed by atoms with Crippen molar-refractivity contribution in [1.82, 2.24) is 4.98 Å². The molecule has 0 bridgehead atoms. The van der Waals surface area contributed by atoms with Crippen molar-refractivity contribution < 1.29 is 14.8 Å². The van der Waals surface area contributed by atoms with Gasteiger partial charge in [0.2, 0.25) is 5.13 Å². The van der Waals surface area contributed by atoms with E-state index in [1.54, 1.807) is 29.6 Å². The highest BCUT2D eigenvalue weighted by molar-refractivity contribution is 7.13. The first-order chi connectivity index (χ1) is 13.3. The van der Waals surface area contributed by atoms with Crippen LogP contribution in [0.15, 0.2) is 52.8 Å². The average molecular weight is 436 g/mol. The summed E-state index contributed by atoms with van der Waals surface area (Å²) in [4.78, 5) is 30.6. The third-order valence-corrected chi connectivity index (χ3v) is 5.20. The van der Waals surface area contributed by atoms with E-state index in [1.165, 1.54) is 18.2 Å². The highest BCUT2D eigenvalue weighted by Gasteiger charge is 2.19. The molecule has 1 aromatic heterocycles. The first kappa shape index (κ1) is 19.9. The highest BCUT2D eigenvalue weighted by atomic mass is 35.5. The minimum atomic E-state index is -1.27. The summed E-state index contributed by atoms with van der Waals surface area (Å²) in [5, 5.41) is 23.3. The van der Waals surface area contributed by atoms with Crippen molar-refractivity contribution in [3.63, 3.8) is 0 Å². The second-order valence-electron chi connectivity index (χ2n) is 5.57. The molecule has 0 aliphatic carbocycles. The van der Waals surface area contributed by atoms with Crippen LogP contribution in [-0.4, -0.2) is 26.7 Å². The quantitative estimate of drug-likeness (QED) is 0.315. The monoisotopic (exact) mass is 435 g/mol. The molecule has 142 valence electrons. The number of carboxylic acids is 1. The second-order valence-corrected chi connectivity index (χ2v) is 7.22. The van der Waals surface area contributed by atoms with Crippen molar-refractivity contribution in [2.75, 3.05) is 0 Å². The minimum Gasteiger partial charge on any atom is -0.477 e. The number of thiazole rings is 1. The molecule has 0 saturated carbocycles. The number of nitro groups is 1. The summed E-state index contributed by atoms with van der Waals surface area (Å²) in [5.74, 6) is -1.27. The lowest BCUT2D eigenvalue weighted by molar-refractivity contribution is -0.385. The Hall–Kier alpha value is -2.81. The second kappa shape index (κ2) is 8.47. The van der Waals surface area contributed by atoms with Gasteiger partial charge < -0.3 is 5.11 Å². The Morgan fingerprint density at radius 1 is 1.21 bits per heavy atom. The van der Waals surface area contributed by atoms with Gasteiger partial charge in [0.25, 0.3) is 5.69 Å². The first-order valence-electron chi connectivity index (χ1n) is 7.79. The predicted octanol–water partition coefficient (Wildman–Crippen LogP) is 5.42. The fourth-order valence-corrected chi connectivity index (χ4v) is 3.42. The number of nitro benzene ring substituents is 1. The largest absolute Gasteiger partial charge is 0.477 e. The van der Waals surface area contributed by atoms with Crippen molar-refractivity contribution in [3.8, 4) is 11.3 Å². The maximum Gasteiger partial charge on any atom is 0.350 e. The van der Waals surface area contributed by atoms with Crippen LogP contribution in [0.5, 0.6) is 0 Å². The molecule has 7 nitrogen and oxygen atoms in total. The van der Waals surface area contributed by atoms with Crippen LogP contribution >= 0.6 is 34.5 Å². The molecule has 1 heterocycles. The van der Waals surface area contributed by atoms with Gasteiger partial charge >= 0.3 is 5.97 Å². The van der Waals surface area contributed by atoms with Gasteiger partial charge in [-0.05, 0) is 12.1 Å². The van der Waals surface area contributed by atoms with Gasteiger partial charge in [-0.3, -0.25) is 10.1 Å². The standard InChI is InChI=1S/C18H11Cl2N3O4S/c19-12-6-5-10(7-13(12)20)15-9-28-18(22-15)21-14(17(24)25)8-11-3-1-2-4-16(11)23(26)27/h1-7,9H,8H2,(H,24,25)/b21-14-. The summed E-state index contributed by atoms with van der Waals surface area (Å²) in [6.45, 7) is 0. The molecule has 0 aliphatic heterocycles. The van der Waals surface area contributed by atoms with Crippen molar-refractivity contribution in [1.29, 1.82) is 0 Å². The van der Waals surface area contributed by atoms with E-state index in [9.17, 15) is 20.0 Å². The summed E-state index contributed by atoms with van der Waals surface area (Å²) in [6.07, 6.45) is -0.200. The molecule has 0 aliphatic rings. The number of halogens is 2. The summed E-state index contributed by atoms with van der Waals surface area (Å²) in [5.41, 5.74) is 1.13. The number of rotatable bonds is 6. The molecule has 0 unspecified atom stereocenters. The van der Waals surface area contributed by atoms with E-state index in [2.05, 4.69) is 9.98 Å². The van der Waals surface area contributed by atoms with Gasteiger partial charge in [-0.2, -0.15) is 0 Å². The van der Waals surface area contributed by atoms with E-state index < -0.39 is 10.9 Å². The molecule has 3 aromatic rings. The summed E-state index contributed by atoms with van der Waals surface area (Å²) in [7, 11) is 0. The van der Waals surface area contributed by atoms with Gasteiger partial charge in [0, 0.05) is 29.0 Å². The Kier molecular flexibility index (Phi) is 6.03. The number of nitrogens with zero attached hydrogens (tertiary/aromatic N) is 3. The van der Waals surface area contributed by atoms with Crippen molar-refractivity contribution in [2.24, 2.45) is 4.99 Å². The van der Waals surface area contributed by atoms with Crippen LogP contribution in [0.2, 0.25) is 10.0 Å². The number of hydrogen-bond donors (Lipinski definition) is 1. The maximum atomic E-state index is 11.6. The van der Waals surface area contributed by atoms with Crippen molar-refractivity contribution in [2.45, 2.75) is 6.42 Å². The lowest BCUT2D eigenvalue weighted by Gasteiger charge is -2.03. The van der Waals surface area contributed by atoms with Crippen LogP contribution in [0.1, 0.15) is 5.56 Å². The Balaban J connectivity index is 1.92. The SMILES string of the molecule is O=C(O)/C(Cc1ccccc1[N+](=O)[O-])=N\c1nc(-c2ccc(Cl)c(Cl)c2)cs1. The van der Waals surface area contributed by atoms with E-state index in [1.807, 2.05) is 0 Å². The van der Waals surface area contributed by atoms with Gasteiger partial charge in [0.15, 0.2) is 0 Å². The lowest BCUT2D eigenvalue weighted by Crippen LogP contribution is -2.16. The summed E-state index contributed by atoms with van der Waals surface area (Å²) in [6, 6.07) is 11.0. The van der Waals surface area contributed by atoms with Crippen LogP contribution in [0.4, 0.5) is 10.8 Å². The zero-order valence-electron chi connectivity index (χ0n) is 14.0. The Bertz CT molecular complexity index is 1100. The number of aliphatic imine (C=N–C) groups is 1. The number of aromatic nitrogens is 1. The third-order valence-electron chi connectivity index (χ3n) is 3.73. The molecule has 1 N–H and O–H groups in total. The van der Waals surface area contributed by atoms with Gasteiger partial charge in [-0.1, -0.05) is 47.5 Å². The number of para-hydroxylation sites is 1. The molecule has 2 aromatic carbocycles. The fraction of sp³-hybridized carbons (Fsp3) is 0.0556. The average Bonchev–Trinajstić information content (AvgIpc) is 3.12. The van der Waals surface area contributed by atoms with Crippen LogP contribution in [0, 0.1) is 10.1 Å². The molecule has 0 fully saturated rings. The molecule has 0 spiro atoms. The van der Waals surface area contributed by atoms with Crippen molar-refractivity contribution in [3.05, 3.63) is 73.6 Å². The summed E-state index contributed by atoms with van der Waals surface area (Å²) < 4.78 is 0. The topological polar surface area (TPSA) is 106 Å². The normalized spacial score (nSPS) is 11.4. The Labute approximate surface area is 173 Å². The first-order valence-corrected chi connectivity index (χ1v) is 9.43. The molecule has 0 radical (unpaired) electrons. The van der Waals surface area contributed by atoms with E-state index in [-0.39, 0.29) is 28.5 Å². The third kappa shape index (κ3) is 4.53. The molecular formula is C18H11Cl2N3O4S. The van der Waals surface area contributed by atoms with Crippen LogP contribution in [0.3, 0.4) is 0 Å². The van der Waals surface area contributed by atoms with Crippen molar-refractivity contribution >= 4 is 57.0 Å². The number of hydrogen-bond acceptors (Lipinski definition) is 6. The van der Waals surface area contributed by atoms with Crippen LogP contribution < -0.4 is 0 Å². The maximum absolute atomic E-state index is 11.6. The molecule has 10 heteroatoms. The van der Waals surface area contributed by atoms with Gasteiger partial charge in [-0.15, -0.1) is 11.3 Å².